The number of hydrogen-bond donors (Lipinski definition) is 0. The summed E-state index contributed by atoms with van der Waals surface area (Å²) in [5.74, 6) is 0. The van der Waals surface area contributed by atoms with Gasteiger partial charge in [-0.2, -0.15) is 0 Å². The van der Waals surface area contributed by atoms with Crippen molar-refractivity contribution in [3.63, 3.8) is 0 Å². The van der Waals surface area contributed by atoms with Crippen LogP contribution in [0, 0.1) is 6.92 Å². The quantitative estimate of drug-likeness (QED) is 0.284. The van der Waals surface area contributed by atoms with E-state index in [1.807, 2.05) is 0 Å². The van der Waals surface area contributed by atoms with E-state index >= 15 is 0 Å². The summed E-state index contributed by atoms with van der Waals surface area (Å²) in [7, 11) is -1.08. The standard InChI is InChI=1S/C23H47O2P3/c1-10-27(11-2,12-3,13-4)24-26(23-21-19-18-20-22(23)9)25-28(14-5,15-6,16-7)17-8/h18-21H,10-17H2,1-9H3. The molecule has 2 nitrogen and oxygen atoms in total. The molecule has 0 aromatic heterocycles. The zero-order valence-corrected chi connectivity index (χ0v) is 22.8. The Morgan fingerprint density at radius 2 is 0.929 bits per heavy atom. The fourth-order valence-corrected chi connectivity index (χ4v) is 18.5. The normalized spacial score (nSPS) is 16.8. The van der Waals surface area contributed by atoms with Gasteiger partial charge < -0.3 is 0 Å². The SMILES string of the molecule is CCP(CC)(CC)(CC)OP(OP(CC)(CC)(CC)CC)c1ccccc1C. The van der Waals surface area contributed by atoms with Crippen molar-refractivity contribution in [1.29, 1.82) is 0 Å². The Morgan fingerprint density at radius 3 is 1.21 bits per heavy atom. The van der Waals surface area contributed by atoms with Crippen LogP contribution < -0.4 is 5.30 Å². The van der Waals surface area contributed by atoms with Crippen LogP contribution in [0.4, 0.5) is 0 Å². The van der Waals surface area contributed by atoms with E-state index in [1.165, 1.54) is 10.9 Å². The summed E-state index contributed by atoms with van der Waals surface area (Å²) in [6.07, 6.45) is 9.19. The van der Waals surface area contributed by atoms with Crippen LogP contribution >= 0.6 is 22.0 Å². The van der Waals surface area contributed by atoms with Gasteiger partial charge in [0.25, 0.3) is 0 Å². The van der Waals surface area contributed by atoms with Gasteiger partial charge in [0, 0.05) is 0 Å². The van der Waals surface area contributed by atoms with E-state index in [4.69, 9.17) is 8.62 Å². The Balaban J connectivity index is 3.62. The van der Waals surface area contributed by atoms with Gasteiger partial charge in [-0.1, -0.05) is 0 Å². The molecule has 0 fully saturated rings. The van der Waals surface area contributed by atoms with Crippen LogP contribution in [0.15, 0.2) is 24.3 Å². The van der Waals surface area contributed by atoms with Crippen LogP contribution in [0.25, 0.3) is 0 Å². The molecule has 0 radical (unpaired) electrons. The van der Waals surface area contributed by atoms with E-state index in [2.05, 4.69) is 86.6 Å². The molecule has 0 aliphatic carbocycles. The van der Waals surface area contributed by atoms with Crippen molar-refractivity contribution < 1.29 is 8.62 Å². The molecular weight excluding hydrogens is 401 g/mol. The van der Waals surface area contributed by atoms with Gasteiger partial charge in [0.15, 0.2) is 0 Å². The van der Waals surface area contributed by atoms with Crippen molar-refractivity contribution in [2.24, 2.45) is 0 Å². The third-order valence-electron chi connectivity index (χ3n) is 8.32. The summed E-state index contributed by atoms with van der Waals surface area (Å²) in [5, 5.41) is 1.30. The Morgan fingerprint density at radius 1 is 0.607 bits per heavy atom. The van der Waals surface area contributed by atoms with Crippen molar-refractivity contribution in [2.45, 2.75) is 62.3 Å². The molecule has 0 unspecified atom stereocenters. The first kappa shape index (κ1) is 26.5. The van der Waals surface area contributed by atoms with Gasteiger partial charge in [-0.3, -0.25) is 0 Å². The van der Waals surface area contributed by atoms with E-state index in [9.17, 15) is 0 Å². The van der Waals surface area contributed by atoms with E-state index in [1.54, 1.807) is 0 Å². The molecule has 0 saturated heterocycles. The van der Waals surface area contributed by atoms with Gasteiger partial charge in [0.05, 0.1) is 0 Å². The first-order chi connectivity index (χ1) is 13.2. The predicted octanol–water partition coefficient (Wildman–Crippen LogP) is 8.06. The van der Waals surface area contributed by atoms with Crippen LogP contribution in [-0.2, 0) is 8.62 Å². The van der Waals surface area contributed by atoms with Crippen molar-refractivity contribution in [3.8, 4) is 0 Å². The van der Waals surface area contributed by atoms with Gasteiger partial charge in [0.2, 0.25) is 0 Å². The molecule has 0 aliphatic heterocycles. The molecule has 0 spiro atoms. The molecule has 0 heterocycles. The maximum absolute atomic E-state index is 7.38. The van der Waals surface area contributed by atoms with Crippen LogP contribution in [0.3, 0.4) is 0 Å². The molecule has 1 aromatic carbocycles. The van der Waals surface area contributed by atoms with Crippen molar-refractivity contribution in [3.05, 3.63) is 29.8 Å². The van der Waals surface area contributed by atoms with Gasteiger partial charge in [0.1, 0.15) is 0 Å². The summed E-state index contributed by atoms with van der Waals surface area (Å²) >= 11 is 0. The average molecular weight is 449 g/mol. The summed E-state index contributed by atoms with van der Waals surface area (Å²) in [6, 6.07) is 8.75. The molecule has 1 rings (SSSR count). The third kappa shape index (κ3) is 4.84. The van der Waals surface area contributed by atoms with Gasteiger partial charge in [-0.25, -0.2) is 0 Å². The topological polar surface area (TPSA) is 18.5 Å². The molecule has 1 aromatic rings. The van der Waals surface area contributed by atoms with E-state index in [0.717, 1.165) is 49.3 Å². The summed E-state index contributed by atoms with van der Waals surface area (Å²) in [5.41, 5.74) is 1.31. The first-order valence-corrected chi connectivity index (χ1v) is 18.4. The van der Waals surface area contributed by atoms with Crippen LogP contribution in [-0.4, -0.2) is 49.3 Å². The summed E-state index contributed by atoms with van der Waals surface area (Å²) in [4.78, 5) is 0. The van der Waals surface area contributed by atoms with Gasteiger partial charge >= 0.3 is 177 Å². The molecule has 0 saturated carbocycles. The van der Waals surface area contributed by atoms with Crippen molar-refractivity contribution in [1.82, 2.24) is 0 Å². The fourth-order valence-electron chi connectivity index (χ4n) is 4.44. The number of rotatable bonds is 13. The molecule has 5 heteroatoms. The molecule has 166 valence electrons. The predicted molar refractivity (Wildman–Crippen MR) is 138 cm³/mol. The maximum atomic E-state index is 7.38. The number of benzene rings is 1. The summed E-state index contributed by atoms with van der Waals surface area (Å²) in [6.45, 7) is 16.5. The zero-order valence-electron chi connectivity index (χ0n) is 20.1. The minimum atomic E-state index is -2.26. The van der Waals surface area contributed by atoms with Crippen LogP contribution in [0.1, 0.15) is 61.0 Å². The Kier molecular flexibility index (Phi) is 9.60. The second-order valence-electron chi connectivity index (χ2n) is 8.45. The van der Waals surface area contributed by atoms with E-state index in [0.29, 0.717) is 0 Å². The zero-order chi connectivity index (χ0) is 21.5. The van der Waals surface area contributed by atoms with Gasteiger partial charge in [-0.15, -0.1) is 0 Å². The molecule has 0 aliphatic rings. The molecular formula is C23H47O2P3. The van der Waals surface area contributed by atoms with Crippen molar-refractivity contribution >= 4 is 27.3 Å². The molecule has 0 N–H and O–H groups in total. The molecule has 0 amide bonds. The fraction of sp³-hybridized carbons (Fsp3) is 0.739. The van der Waals surface area contributed by atoms with E-state index in [-0.39, 0.29) is 0 Å². The molecule has 0 bridgehead atoms. The Hall–Kier alpha value is 0.430. The van der Waals surface area contributed by atoms with Gasteiger partial charge in [-0.05, 0) is 0 Å². The molecule has 0 atom stereocenters. The minimum absolute atomic E-state index is 1.08. The monoisotopic (exact) mass is 448 g/mol. The molecule has 28 heavy (non-hydrogen) atoms. The number of aryl methyl sites for hydroxylation is 1. The van der Waals surface area contributed by atoms with Crippen LogP contribution in [0.5, 0.6) is 0 Å². The van der Waals surface area contributed by atoms with Crippen molar-refractivity contribution in [2.75, 3.05) is 49.3 Å². The Labute approximate surface area is 177 Å². The third-order valence-corrected chi connectivity index (χ3v) is 26.9. The average Bonchev–Trinajstić information content (AvgIpc) is 2.77. The van der Waals surface area contributed by atoms with Crippen LogP contribution in [0.2, 0.25) is 0 Å². The Bertz CT molecular complexity index is 545. The second-order valence-corrected chi connectivity index (χ2v) is 23.2. The number of hydrogen-bond acceptors (Lipinski definition) is 2. The second kappa shape index (κ2) is 10.2. The van der Waals surface area contributed by atoms with E-state index < -0.39 is 22.0 Å². The summed E-state index contributed by atoms with van der Waals surface area (Å²) < 4.78 is 14.8. The first-order valence-electron chi connectivity index (χ1n) is 11.5.